The minimum absolute atomic E-state index is 0.0718. The molecule has 2 aromatic carbocycles. The highest BCUT2D eigenvalue weighted by atomic mass is 16.6. The van der Waals surface area contributed by atoms with Crippen molar-refractivity contribution in [2.24, 2.45) is 0 Å². The number of fused-ring (bicyclic) bond motifs is 1. The summed E-state index contributed by atoms with van der Waals surface area (Å²) in [5.41, 5.74) is 2.45. The molecule has 6 heteroatoms. The molecule has 0 bridgehead atoms. The van der Waals surface area contributed by atoms with Crippen molar-refractivity contribution in [1.82, 2.24) is 9.97 Å². The van der Waals surface area contributed by atoms with Gasteiger partial charge in [-0.3, -0.25) is 9.59 Å². The van der Waals surface area contributed by atoms with Crippen LogP contribution in [0, 0.1) is 0 Å². The van der Waals surface area contributed by atoms with Crippen molar-refractivity contribution < 1.29 is 19.4 Å². The standard InChI is InChI=1S/C22H24N2O4/c1-22(2,3)28-21(27)16(11-14-7-5-4-6-8-14)20-23-17-10-9-15(13-19(25)26)12-18(17)24-20/h4-10,12,16H,11,13H2,1-3H3,(H,23,24)(H,25,26). The van der Waals surface area contributed by atoms with Crippen LogP contribution in [0.1, 0.15) is 43.6 Å². The Morgan fingerprint density at radius 3 is 2.46 bits per heavy atom. The van der Waals surface area contributed by atoms with E-state index in [4.69, 9.17) is 9.84 Å². The number of rotatable bonds is 6. The van der Waals surface area contributed by atoms with E-state index >= 15 is 0 Å². The van der Waals surface area contributed by atoms with Crippen molar-refractivity contribution in [2.75, 3.05) is 0 Å². The molecule has 0 aliphatic heterocycles. The van der Waals surface area contributed by atoms with Crippen LogP contribution in [0.15, 0.2) is 48.5 Å². The van der Waals surface area contributed by atoms with Crippen LogP contribution >= 0.6 is 0 Å². The average molecular weight is 380 g/mol. The zero-order valence-corrected chi connectivity index (χ0v) is 16.2. The molecular weight excluding hydrogens is 356 g/mol. The van der Waals surface area contributed by atoms with Crippen LogP contribution in [-0.4, -0.2) is 32.6 Å². The van der Waals surface area contributed by atoms with E-state index < -0.39 is 17.5 Å². The molecule has 0 aliphatic carbocycles. The number of esters is 1. The third-order valence-corrected chi connectivity index (χ3v) is 4.23. The summed E-state index contributed by atoms with van der Waals surface area (Å²) in [6.07, 6.45) is 0.384. The van der Waals surface area contributed by atoms with E-state index in [9.17, 15) is 9.59 Å². The summed E-state index contributed by atoms with van der Waals surface area (Å²) in [4.78, 5) is 31.6. The lowest BCUT2D eigenvalue weighted by Crippen LogP contribution is -2.29. The van der Waals surface area contributed by atoms with Gasteiger partial charge in [0, 0.05) is 0 Å². The molecule has 3 aromatic rings. The fraction of sp³-hybridized carbons (Fsp3) is 0.318. The van der Waals surface area contributed by atoms with Crippen molar-refractivity contribution >= 4 is 23.0 Å². The van der Waals surface area contributed by atoms with E-state index in [1.807, 2.05) is 51.1 Å². The average Bonchev–Trinajstić information content (AvgIpc) is 3.01. The first-order chi connectivity index (χ1) is 13.2. The van der Waals surface area contributed by atoms with E-state index in [0.717, 1.165) is 11.1 Å². The summed E-state index contributed by atoms with van der Waals surface area (Å²) in [5, 5.41) is 8.99. The smallest absolute Gasteiger partial charge is 0.317 e. The Labute approximate surface area is 163 Å². The lowest BCUT2D eigenvalue weighted by Gasteiger charge is -2.23. The molecule has 1 atom stereocenters. The predicted octanol–water partition coefficient (Wildman–Crippen LogP) is 3.86. The van der Waals surface area contributed by atoms with Gasteiger partial charge in [-0.2, -0.15) is 0 Å². The summed E-state index contributed by atoms with van der Waals surface area (Å²) in [6, 6.07) is 15.0. The topological polar surface area (TPSA) is 92.3 Å². The van der Waals surface area contributed by atoms with E-state index in [1.54, 1.807) is 18.2 Å². The molecule has 2 N–H and O–H groups in total. The fourth-order valence-corrected chi connectivity index (χ4v) is 3.04. The van der Waals surface area contributed by atoms with Gasteiger partial charge in [-0.25, -0.2) is 4.98 Å². The molecule has 0 spiro atoms. The molecule has 3 rings (SSSR count). The number of carbonyl (C=O) groups is 2. The Morgan fingerprint density at radius 2 is 1.82 bits per heavy atom. The van der Waals surface area contributed by atoms with Gasteiger partial charge >= 0.3 is 11.9 Å². The number of hydrogen-bond donors (Lipinski definition) is 2. The lowest BCUT2D eigenvalue weighted by molar-refractivity contribution is -0.157. The quantitative estimate of drug-likeness (QED) is 0.634. The lowest BCUT2D eigenvalue weighted by atomic mass is 9.98. The normalized spacial score (nSPS) is 12.7. The molecule has 146 valence electrons. The van der Waals surface area contributed by atoms with E-state index in [2.05, 4.69) is 9.97 Å². The molecule has 1 aromatic heterocycles. The molecule has 0 amide bonds. The molecule has 1 unspecified atom stereocenters. The Bertz CT molecular complexity index is 987. The number of benzene rings is 2. The van der Waals surface area contributed by atoms with E-state index in [-0.39, 0.29) is 12.4 Å². The summed E-state index contributed by atoms with van der Waals surface area (Å²) in [7, 11) is 0. The van der Waals surface area contributed by atoms with Gasteiger partial charge in [0.25, 0.3) is 0 Å². The van der Waals surface area contributed by atoms with Crippen LogP contribution in [0.5, 0.6) is 0 Å². The summed E-state index contributed by atoms with van der Waals surface area (Å²) in [5.74, 6) is -1.32. The van der Waals surface area contributed by atoms with Gasteiger partial charge in [0.2, 0.25) is 0 Å². The van der Waals surface area contributed by atoms with Crippen molar-refractivity contribution in [3.05, 3.63) is 65.5 Å². The largest absolute Gasteiger partial charge is 0.481 e. The maximum Gasteiger partial charge on any atom is 0.317 e. The van der Waals surface area contributed by atoms with Gasteiger partial charge in [0.1, 0.15) is 17.3 Å². The third kappa shape index (κ3) is 4.97. The van der Waals surface area contributed by atoms with Gasteiger partial charge in [0.15, 0.2) is 0 Å². The first kappa shape index (κ1) is 19.6. The van der Waals surface area contributed by atoms with Crippen molar-refractivity contribution in [3.8, 4) is 0 Å². The first-order valence-corrected chi connectivity index (χ1v) is 9.18. The van der Waals surface area contributed by atoms with Crippen LogP contribution in [0.3, 0.4) is 0 Å². The Hall–Kier alpha value is -3.15. The van der Waals surface area contributed by atoms with Gasteiger partial charge < -0.3 is 14.8 Å². The zero-order valence-electron chi connectivity index (χ0n) is 16.2. The first-order valence-electron chi connectivity index (χ1n) is 9.18. The zero-order chi connectivity index (χ0) is 20.3. The molecule has 0 saturated carbocycles. The van der Waals surface area contributed by atoms with Crippen LogP contribution in [-0.2, 0) is 27.2 Å². The molecular formula is C22H24N2O4. The highest BCUT2D eigenvalue weighted by Gasteiger charge is 2.29. The van der Waals surface area contributed by atoms with Gasteiger partial charge in [-0.05, 0) is 50.5 Å². The highest BCUT2D eigenvalue weighted by molar-refractivity contribution is 5.82. The second-order valence-electron chi connectivity index (χ2n) is 7.82. The van der Waals surface area contributed by atoms with Crippen LogP contribution in [0.25, 0.3) is 11.0 Å². The number of hydrogen-bond acceptors (Lipinski definition) is 4. The number of ether oxygens (including phenoxy) is 1. The highest BCUT2D eigenvalue weighted by Crippen LogP contribution is 2.26. The van der Waals surface area contributed by atoms with Gasteiger partial charge in [-0.15, -0.1) is 0 Å². The number of aliphatic carboxylic acids is 1. The Balaban J connectivity index is 1.96. The number of aromatic amines is 1. The van der Waals surface area contributed by atoms with Crippen LogP contribution in [0.2, 0.25) is 0 Å². The predicted molar refractivity (Wildman–Crippen MR) is 106 cm³/mol. The molecule has 0 saturated heterocycles. The SMILES string of the molecule is CC(C)(C)OC(=O)C(Cc1ccccc1)c1nc2cc(CC(=O)O)ccc2[nH]1. The summed E-state index contributed by atoms with van der Waals surface area (Å²) < 4.78 is 5.62. The second kappa shape index (κ2) is 7.84. The van der Waals surface area contributed by atoms with Crippen molar-refractivity contribution in [2.45, 2.75) is 45.1 Å². The molecule has 28 heavy (non-hydrogen) atoms. The van der Waals surface area contributed by atoms with Gasteiger partial charge in [-0.1, -0.05) is 36.4 Å². The van der Waals surface area contributed by atoms with Gasteiger partial charge in [0.05, 0.1) is 17.5 Å². The monoisotopic (exact) mass is 380 g/mol. The second-order valence-corrected chi connectivity index (χ2v) is 7.82. The number of carboxylic acids is 1. The van der Waals surface area contributed by atoms with Crippen LogP contribution < -0.4 is 0 Å². The maximum absolute atomic E-state index is 12.9. The third-order valence-electron chi connectivity index (χ3n) is 4.23. The fourth-order valence-electron chi connectivity index (χ4n) is 3.04. The number of carboxylic acid groups (broad SMARTS) is 1. The molecule has 0 fully saturated rings. The summed E-state index contributed by atoms with van der Waals surface area (Å²) >= 11 is 0. The number of carbonyl (C=O) groups excluding carboxylic acids is 1. The Kier molecular flexibility index (Phi) is 5.49. The Morgan fingerprint density at radius 1 is 1.11 bits per heavy atom. The van der Waals surface area contributed by atoms with Crippen LogP contribution in [0.4, 0.5) is 0 Å². The number of imidazole rings is 1. The van der Waals surface area contributed by atoms with E-state index in [1.165, 1.54) is 0 Å². The molecule has 6 nitrogen and oxygen atoms in total. The maximum atomic E-state index is 12.9. The number of nitrogens with one attached hydrogen (secondary N) is 1. The summed E-state index contributed by atoms with van der Waals surface area (Å²) in [6.45, 7) is 5.50. The molecule has 0 radical (unpaired) electrons. The minimum atomic E-state index is -0.897. The van der Waals surface area contributed by atoms with E-state index in [0.29, 0.717) is 23.3 Å². The number of nitrogens with zero attached hydrogens (tertiary/aromatic N) is 1. The van der Waals surface area contributed by atoms with Crippen molar-refractivity contribution in [3.63, 3.8) is 0 Å². The minimum Gasteiger partial charge on any atom is -0.481 e. The molecule has 0 aliphatic rings. The number of aromatic nitrogens is 2. The van der Waals surface area contributed by atoms with Crippen molar-refractivity contribution in [1.29, 1.82) is 0 Å². The molecule has 1 heterocycles. The number of H-pyrrole nitrogens is 1.